The fraction of sp³-hybridized carbons (Fsp3) is 0.300. The van der Waals surface area contributed by atoms with Crippen LogP contribution < -0.4 is 14.4 Å². The summed E-state index contributed by atoms with van der Waals surface area (Å²) >= 11 is 0. The summed E-state index contributed by atoms with van der Waals surface area (Å²) in [5.74, 6) is 1.94. The lowest BCUT2D eigenvalue weighted by molar-refractivity contribution is 0.414. The Morgan fingerprint density at radius 1 is 1.10 bits per heavy atom. The zero-order valence-electron chi connectivity index (χ0n) is 22.1. The van der Waals surface area contributed by atoms with E-state index in [0.29, 0.717) is 29.3 Å². The van der Waals surface area contributed by atoms with Gasteiger partial charge < -0.3 is 14.5 Å². The first-order valence-corrected chi connectivity index (χ1v) is 14.8. The van der Waals surface area contributed by atoms with Crippen LogP contribution in [0.15, 0.2) is 70.1 Å². The largest absolute Gasteiger partial charge is 0.497 e. The Morgan fingerprint density at radius 2 is 1.82 bits per heavy atom. The van der Waals surface area contributed by atoms with Crippen molar-refractivity contribution in [1.82, 2.24) is 5.32 Å². The third kappa shape index (κ3) is 4.98. The first kappa shape index (κ1) is 25.4. The molecule has 0 radical (unpaired) electrons. The predicted octanol–water partition coefficient (Wildman–Crippen LogP) is 5.83. The number of halogens is 1. The number of hydrogen-bond acceptors (Lipinski definition) is 6. The van der Waals surface area contributed by atoms with E-state index in [4.69, 9.17) is 14.1 Å². The number of benzene rings is 3. The molecule has 39 heavy (non-hydrogen) atoms. The molecule has 202 valence electrons. The van der Waals surface area contributed by atoms with Gasteiger partial charge in [-0.25, -0.2) is 12.8 Å². The van der Waals surface area contributed by atoms with Crippen molar-refractivity contribution in [2.24, 2.45) is 4.99 Å². The molecule has 3 aromatic carbocycles. The second-order valence-corrected chi connectivity index (χ2v) is 12.2. The van der Waals surface area contributed by atoms with E-state index in [9.17, 15) is 12.8 Å². The minimum atomic E-state index is -3.63. The Labute approximate surface area is 227 Å². The maximum Gasteiger partial charge on any atom is 0.232 e. The fourth-order valence-corrected chi connectivity index (χ4v) is 6.01. The van der Waals surface area contributed by atoms with Crippen molar-refractivity contribution in [3.63, 3.8) is 0 Å². The molecule has 0 bridgehead atoms. The minimum Gasteiger partial charge on any atom is -0.497 e. The molecule has 1 fully saturated rings. The van der Waals surface area contributed by atoms with Crippen LogP contribution in [0.5, 0.6) is 5.75 Å². The van der Waals surface area contributed by atoms with Crippen LogP contribution in [0.2, 0.25) is 0 Å². The number of ether oxygens (including phenoxy) is 1. The zero-order chi connectivity index (χ0) is 27.3. The molecule has 1 aromatic heterocycles. The van der Waals surface area contributed by atoms with Gasteiger partial charge in [-0.05, 0) is 79.3 Å². The molecular formula is C30H30FN3O4S. The van der Waals surface area contributed by atoms with E-state index in [0.717, 1.165) is 46.3 Å². The molecule has 1 N–H and O–H groups in total. The van der Waals surface area contributed by atoms with Crippen molar-refractivity contribution in [3.8, 4) is 17.1 Å². The van der Waals surface area contributed by atoms with Crippen LogP contribution in [-0.4, -0.2) is 40.2 Å². The van der Waals surface area contributed by atoms with Crippen LogP contribution in [0.3, 0.4) is 0 Å². The number of methoxy groups -OCH3 is 1. The van der Waals surface area contributed by atoms with Gasteiger partial charge in [0, 0.05) is 23.6 Å². The second kappa shape index (κ2) is 9.72. The van der Waals surface area contributed by atoms with Gasteiger partial charge in [-0.2, -0.15) is 0 Å². The van der Waals surface area contributed by atoms with E-state index in [1.807, 2.05) is 37.3 Å². The number of furan rings is 1. The Kier molecular flexibility index (Phi) is 6.33. The van der Waals surface area contributed by atoms with Crippen molar-refractivity contribution in [2.45, 2.75) is 38.3 Å². The maximum absolute atomic E-state index is 13.7. The second-order valence-electron chi connectivity index (χ2n) is 10.3. The molecule has 1 saturated carbocycles. The van der Waals surface area contributed by atoms with Crippen molar-refractivity contribution in [1.29, 1.82) is 0 Å². The smallest absolute Gasteiger partial charge is 0.232 e. The van der Waals surface area contributed by atoms with Crippen LogP contribution in [-0.2, 0) is 16.6 Å². The quantitative estimate of drug-likeness (QED) is 0.300. The van der Waals surface area contributed by atoms with Gasteiger partial charge in [0.15, 0.2) is 0 Å². The number of nitrogens with zero attached hydrogens (tertiary/aromatic N) is 2. The molecule has 0 saturated heterocycles. The first-order valence-electron chi connectivity index (χ1n) is 13.0. The average molecular weight is 548 g/mol. The third-order valence-electron chi connectivity index (χ3n) is 7.27. The predicted molar refractivity (Wildman–Crippen MR) is 152 cm³/mol. The van der Waals surface area contributed by atoms with Gasteiger partial charge in [0.2, 0.25) is 10.0 Å². The van der Waals surface area contributed by atoms with Crippen molar-refractivity contribution >= 4 is 32.5 Å². The van der Waals surface area contributed by atoms with Crippen LogP contribution >= 0.6 is 0 Å². The van der Waals surface area contributed by atoms with Gasteiger partial charge in [0.25, 0.3) is 0 Å². The Bertz CT molecular complexity index is 1670. The SMILES string of the molecule is COc1ccc(CN(c2cc3oc(-c4ccc(F)cc4)c(C4=NC(C)CN4)c3cc2C2CC2)S(C)(=O)=O)cc1. The van der Waals surface area contributed by atoms with Crippen LogP contribution in [0.1, 0.15) is 42.4 Å². The molecule has 4 aromatic rings. The first-order chi connectivity index (χ1) is 18.7. The normalized spacial score (nSPS) is 17.2. The van der Waals surface area contributed by atoms with Crippen LogP contribution in [0.25, 0.3) is 22.3 Å². The van der Waals surface area contributed by atoms with Gasteiger partial charge in [-0.3, -0.25) is 9.30 Å². The fourth-order valence-electron chi connectivity index (χ4n) is 5.11. The standard InChI is InChI=1S/C30H30FN3O4S/c1-18-16-32-30(33-18)28-25-14-24(20-6-7-20)26(15-27(25)38-29(28)21-8-10-22(31)11-9-21)34(39(3,35)36)17-19-4-12-23(37-2)13-5-19/h4-5,8-15,18,20H,6-7,16-17H2,1-3H3,(H,32,33). The Hall–Kier alpha value is -3.85. The summed E-state index contributed by atoms with van der Waals surface area (Å²) in [4.78, 5) is 4.80. The molecule has 0 spiro atoms. The van der Waals surface area contributed by atoms with Crippen LogP contribution in [0, 0.1) is 5.82 Å². The zero-order valence-corrected chi connectivity index (χ0v) is 22.9. The number of nitrogens with one attached hydrogen (secondary N) is 1. The number of anilines is 1. The lowest BCUT2D eigenvalue weighted by Gasteiger charge is -2.25. The molecule has 7 nitrogen and oxygen atoms in total. The summed E-state index contributed by atoms with van der Waals surface area (Å²) in [7, 11) is -2.03. The molecule has 9 heteroatoms. The maximum atomic E-state index is 13.7. The molecule has 2 heterocycles. The van der Waals surface area contributed by atoms with E-state index in [1.165, 1.54) is 22.7 Å². The summed E-state index contributed by atoms with van der Waals surface area (Å²) in [6.45, 7) is 2.93. The van der Waals surface area contributed by atoms with Crippen molar-refractivity contribution in [2.75, 3.05) is 24.2 Å². The number of rotatable bonds is 8. The minimum absolute atomic E-state index is 0.110. The van der Waals surface area contributed by atoms with Gasteiger partial charge in [-0.15, -0.1) is 0 Å². The monoisotopic (exact) mass is 547 g/mol. The van der Waals surface area contributed by atoms with E-state index in [-0.39, 0.29) is 24.3 Å². The summed E-state index contributed by atoms with van der Waals surface area (Å²) in [6.07, 6.45) is 3.22. The van der Waals surface area contributed by atoms with Crippen molar-refractivity contribution < 1.29 is 22.0 Å². The molecular weight excluding hydrogens is 517 g/mol. The van der Waals surface area contributed by atoms with E-state index >= 15 is 0 Å². The highest BCUT2D eigenvalue weighted by Crippen LogP contribution is 2.48. The van der Waals surface area contributed by atoms with E-state index < -0.39 is 10.0 Å². The summed E-state index contributed by atoms with van der Waals surface area (Å²) in [5.41, 5.74) is 4.52. The topological polar surface area (TPSA) is 84.1 Å². The number of amidine groups is 1. The van der Waals surface area contributed by atoms with Gasteiger partial charge in [0.05, 0.1) is 37.2 Å². The molecule has 0 amide bonds. The Balaban J connectivity index is 1.54. The highest BCUT2D eigenvalue weighted by atomic mass is 32.2. The van der Waals surface area contributed by atoms with Gasteiger partial charge in [-0.1, -0.05) is 12.1 Å². The summed E-state index contributed by atoms with van der Waals surface area (Å²) < 4.78 is 53.2. The Morgan fingerprint density at radius 3 is 2.41 bits per heavy atom. The summed E-state index contributed by atoms with van der Waals surface area (Å²) in [5, 5.41) is 4.25. The number of aliphatic imine (C=N–C) groups is 1. The highest BCUT2D eigenvalue weighted by Gasteiger charge is 2.33. The molecule has 1 atom stereocenters. The van der Waals surface area contributed by atoms with Crippen LogP contribution in [0.4, 0.5) is 10.1 Å². The van der Waals surface area contributed by atoms with E-state index in [2.05, 4.69) is 11.4 Å². The van der Waals surface area contributed by atoms with Gasteiger partial charge in [0.1, 0.15) is 28.7 Å². The highest BCUT2D eigenvalue weighted by molar-refractivity contribution is 7.92. The number of hydrogen-bond donors (Lipinski definition) is 1. The van der Waals surface area contributed by atoms with Crippen molar-refractivity contribution in [3.05, 3.63) is 83.2 Å². The molecule has 1 aliphatic heterocycles. The number of fused-ring (bicyclic) bond motifs is 1. The molecule has 2 aliphatic rings. The lowest BCUT2D eigenvalue weighted by atomic mass is 10.00. The summed E-state index contributed by atoms with van der Waals surface area (Å²) in [6, 6.07) is 17.6. The molecule has 6 rings (SSSR count). The van der Waals surface area contributed by atoms with Gasteiger partial charge >= 0.3 is 0 Å². The third-order valence-corrected chi connectivity index (χ3v) is 8.39. The molecule has 1 aliphatic carbocycles. The lowest BCUT2D eigenvalue weighted by Crippen LogP contribution is -2.30. The molecule has 1 unspecified atom stereocenters. The van der Waals surface area contributed by atoms with E-state index in [1.54, 1.807) is 19.2 Å². The number of sulfonamides is 1. The average Bonchev–Trinajstić information content (AvgIpc) is 3.57.